The van der Waals surface area contributed by atoms with E-state index in [9.17, 15) is 0 Å². The van der Waals surface area contributed by atoms with Crippen LogP contribution in [0.3, 0.4) is 0 Å². The average Bonchev–Trinajstić information content (AvgIpc) is 3.20. The van der Waals surface area contributed by atoms with Gasteiger partial charge in [0.05, 0.1) is 0 Å². The molecule has 0 atom stereocenters. The second-order valence-electron chi connectivity index (χ2n) is 12.9. The number of rotatable bonds is 6. The van der Waals surface area contributed by atoms with Crippen LogP contribution in [-0.4, -0.2) is 6.71 Å². The lowest BCUT2D eigenvalue weighted by Gasteiger charge is -2.27. The lowest BCUT2D eigenvalue weighted by atomic mass is 9.36. The Labute approximate surface area is 294 Å². The van der Waals surface area contributed by atoms with Gasteiger partial charge in [-0.15, -0.1) is 0 Å². The summed E-state index contributed by atoms with van der Waals surface area (Å²) < 4.78 is 6.54. The van der Waals surface area contributed by atoms with Crippen LogP contribution < -0.4 is 21.1 Å². The second kappa shape index (κ2) is 12.9. The molecule has 8 aromatic carbocycles. The molecule has 0 amide bonds. The maximum Gasteiger partial charge on any atom is 0.250 e. The zero-order chi connectivity index (χ0) is 33.3. The monoisotopic (exact) mass is 636 g/mol. The highest BCUT2D eigenvalue weighted by Gasteiger charge is 2.32. The molecule has 9 rings (SSSR count). The summed E-state index contributed by atoms with van der Waals surface area (Å²) in [5.41, 5.74) is 15.6. The summed E-state index contributed by atoms with van der Waals surface area (Å²) in [6.07, 6.45) is 0. The van der Waals surface area contributed by atoms with Crippen LogP contribution in [0.2, 0.25) is 0 Å². The Balaban J connectivity index is 1.03. The van der Waals surface area contributed by atoms with E-state index >= 15 is 0 Å². The molecular weight excluding hydrogens is 603 g/mol. The molecule has 0 radical (unpaired) electrons. The third kappa shape index (κ3) is 5.72. The minimum absolute atomic E-state index is 0.130. The van der Waals surface area contributed by atoms with Gasteiger partial charge in [0.15, 0.2) is 0 Å². The third-order valence-electron chi connectivity index (χ3n) is 9.80. The molecule has 1 aliphatic rings. The second-order valence-corrected chi connectivity index (χ2v) is 12.9. The topological polar surface area (TPSA) is 9.23 Å². The van der Waals surface area contributed by atoms with Gasteiger partial charge in [-0.25, -0.2) is 0 Å². The molecule has 2 heteroatoms. The largest absolute Gasteiger partial charge is 0.458 e. The van der Waals surface area contributed by atoms with Crippen molar-refractivity contribution in [1.29, 1.82) is 0 Å². The van der Waals surface area contributed by atoms with E-state index in [4.69, 9.17) is 4.74 Å². The zero-order valence-corrected chi connectivity index (χ0v) is 27.5. The molecular formula is C48H33BO. The number of hydrogen-bond donors (Lipinski definition) is 0. The van der Waals surface area contributed by atoms with Crippen LogP contribution in [0.15, 0.2) is 200 Å². The summed E-state index contributed by atoms with van der Waals surface area (Å²) in [7, 11) is 0. The molecule has 0 unspecified atom stereocenters. The molecule has 1 nitrogen and oxygen atoms in total. The minimum atomic E-state index is 0.130. The number of para-hydroxylation sites is 1. The van der Waals surface area contributed by atoms with E-state index in [-0.39, 0.29) is 6.71 Å². The maximum absolute atomic E-state index is 6.54. The van der Waals surface area contributed by atoms with Crippen LogP contribution in [0.1, 0.15) is 0 Å². The van der Waals surface area contributed by atoms with Crippen molar-refractivity contribution in [3.63, 3.8) is 0 Å². The summed E-state index contributed by atoms with van der Waals surface area (Å²) in [6, 6.07) is 71.7. The van der Waals surface area contributed by atoms with Crippen LogP contribution in [0, 0.1) is 0 Å². The molecule has 0 saturated heterocycles. The average molecular weight is 637 g/mol. The predicted octanol–water partition coefficient (Wildman–Crippen LogP) is 10.6. The Morgan fingerprint density at radius 2 is 0.640 bits per heavy atom. The van der Waals surface area contributed by atoms with Crippen molar-refractivity contribution in [2.24, 2.45) is 0 Å². The highest BCUT2D eigenvalue weighted by atomic mass is 16.5. The fourth-order valence-electron chi connectivity index (χ4n) is 7.29. The number of benzene rings is 8. The van der Waals surface area contributed by atoms with Gasteiger partial charge < -0.3 is 4.74 Å². The van der Waals surface area contributed by atoms with Crippen molar-refractivity contribution < 1.29 is 4.74 Å². The molecule has 0 aromatic heterocycles. The third-order valence-corrected chi connectivity index (χ3v) is 9.80. The van der Waals surface area contributed by atoms with Crippen molar-refractivity contribution >= 4 is 23.1 Å². The van der Waals surface area contributed by atoms with Gasteiger partial charge in [0.25, 0.3) is 6.71 Å². The van der Waals surface area contributed by atoms with E-state index in [2.05, 4.69) is 194 Å². The molecule has 0 N–H and O–H groups in total. The highest BCUT2D eigenvalue weighted by Crippen LogP contribution is 2.34. The van der Waals surface area contributed by atoms with Crippen LogP contribution in [-0.2, 0) is 0 Å². The molecule has 0 fully saturated rings. The summed E-state index contributed by atoms with van der Waals surface area (Å²) in [6.45, 7) is 0.130. The molecule has 0 aliphatic carbocycles. The van der Waals surface area contributed by atoms with Gasteiger partial charge in [0, 0.05) is 0 Å². The summed E-state index contributed by atoms with van der Waals surface area (Å²) in [4.78, 5) is 0. The van der Waals surface area contributed by atoms with Gasteiger partial charge in [-0.1, -0.05) is 169 Å². The molecule has 234 valence electrons. The molecule has 50 heavy (non-hydrogen) atoms. The van der Waals surface area contributed by atoms with E-state index in [1.165, 1.54) is 60.9 Å². The minimum Gasteiger partial charge on any atom is -0.458 e. The lowest BCUT2D eigenvalue weighted by molar-refractivity contribution is 0.487. The molecule has 1 aliphatic heterocycles. The van der Waals surface area contributed by atoms with Crippen molar-refractivity contribution in [3.8, 4) is 67.1 Å². The fraction of sp³-hybridized carbons (Fsp3) is 0. The SMILES string of the molecule is c1ccc(B2c3ccccc3Oc3cc(-c4cccc(-c5cccc(-c6cccc(-c7cccc(-c8ccccc8)c7)c6)c5)c4)ccc32)cc1. The van der Waals surface area contributed by atoms with Gasteiger partial charge >= 0.3 is 0 Å². The first kappa shape index (κ1) is 29.7. The Morgan fingerprint density at radius 3 is 1.16 bits per heavy atom. The quantitative estimate of drug-likeness (QED) is 0.165. The number of fused-ring (bicyclic) bond motifs is 2. The van der Waals surface area contributed by atoms with Gasteiger partial charge in [0.1, 0.15) is 11.5 Å². The van der Waals surface area contributed by atoms with Crippen molar-refractivity contribution in [2.45, 2.75) is 0 Å². The van der Waals surface area contributed by atoms with Gasteiger partial charge in [-0.3, -0.25) is 0 Å². The van der Waals surface area contributed by atoms with Crippen LogP contribution >= 0.6 is 0 Å². The van der Waals surface area contributed by atoms with Crippen LogP contribution in [0.5, 0.6) is 11.5 Å². The van der Waals surface area contributed by atoms with Gasteiger partial charge in [0.2, 0.25) is 0 Å². The van der Waals surface area contributed by atoms with E-state index in [1.54, 1.807) is 0 Å². The first-order valence-electron chi connectivity index (χ1n) is 17.2. The highest BCUT2D eigenvalue weighted by molar-refractivity contribution is 6.96. The van der Waals surface area contributed by atoms with Crippen LogP contribution in [0.25, 0.3) is 55.6 Å². The predicted molar refractivity (Wildman–Crippen MR) is 211 cm³/mol. The van der Waals surface area contributed by atoms with E-state index in [0.29, 0.717) is 0 Å². The molecule has 0 bridgehead atoms. The lowest BCUT2D eigenvalue weighted by Crippen LogP contribution is -2.54. The smallest absolute Gasteiger partial charge is 0.250 e. The van der Waals surface area contributed by atoms with Crippen molar-refractivity contribution in [2.75, 3.05) is 0 Å². The molecule has 0 saturated carbocycles. The molecule has 0 spiro atoms. The number of ether oxygens (including phenoxy) is 1. The maximum atomic E-state index is 6.54. The summed E-state index contributed by atoms with van der Waals surface area (Å²) in [5, 5.41) is 0. The number of hydrogen-bond acceptors (Lipinski definition) is 1. The Morgan fingerprint density at radius 1 is 0.260 bits per heavy atom. The fourth-order valence-corrected chi connectivity index (χ4v) is 7.29. The summed E-state index contributed by atoms with van der Waals surface area (Å²) in [5.74, 6) is 1.83. The first-order chi connectivity index (χ1) is 24.8. The van der Waals surface area contributed by atoms with Crippen LogP contribution in [0.4, 0.5) is 0 Å². The van der Waals surface area contributed by atoms with E-state index in [0.717, 1.165) is 22.6 Å². The first-order valence-corrected chi connectivity index (χ1v) is 17.2. The van der Waals surface area contributed by atoms with Crippen molar-refractivity contribution in [3.05, 3.63) is 200 Å². The Bertz CT molecular complexity index is 2470. The van der Waals surface area contributed by atoms with Gasteiger partial charge in [-0.2, -0.15) is 0 Å². The van der Waals surface area contributed by atoms with Gasteiger partial charge in [-0.05, 0) is 103 Å². The zero-order valence-electron chi connectivity index (χ0n) is 27.5. The summed E-state index contributed by atoms with van der Waals surface area (Å²) >= 11 is 0. The molecule has 1 heterocycles. The standard InChI is InChI=1S/C48H33BO/c1-3-13-34(14-4-1)35-15-9-16-36(29-35)37-17-10-18-38(30-37)39-19-11-20-40(31-39)41-21-12-22-42(32-41)43-27-28-46-48(33-43)50-47-26-8-7-25-45(47)49(46)44-23-5-2-6-24-44/h1-33H. The molecule has 8 aromatic rings. The van der Waals surface area contributed by atoms with E-state index < -0.39 is 0 Å². The normalized spacial score (nSPS) is 11.7. The van der Waals surface area contributed by atoms with E-state index in [1.807, 2.05) is 6.07 Å². The van der Waals surface area contributed by atoms with Crippen molar-refractivity contribution in [1.82, 2.24) is 0 Å². The Hall–Kier alpha value is -6.38. The Kier molecular flexibility index (Phi) is 7.68.